The molecule has 0 aromatic heterocycles. The minimum absolute atomic E-state index is 0.814. The first kappa shape index (κ1) is 8.22. The molecule has 5 heteroatoms. The zero-order valence-electron chi connectivity index (χ0n) is 5.03. The Bertz CT molecular complexity index is 92.7. The first-order valence-electron chi connectivity index (χ1n) is 2.29. The zero-order chi connectivity index (χ0) is 7.28. The van der Waals surface area contributed by atoms with Crippen molar-refractivity contribution in [2.75, 3.05) is 0 Å². The lowest BCUT2D eigenvalue weighted by atomic mass is 10.9. The van der Waals surface area contributed by atoms with Gasteiger partial charge in [0.05, 0.1) is 0 Å². The van der Waals surface area contributed by atoms with Gasteiger partial charge in [0.15, 0.2) is 0 Å². The number of aliphatic imine (C=N–C) groups is 2. The van der Waals surface area contributed by atoms with E-state index in [-0.39, 0.29) is 0 Å². The fourth-order valence-electron chi connectivity index (χ4n) is 0.229. The first-order chi connectivity index (χ1) is 4.20. The van der Waals surface area contributed by atoms with Crippen molar-refractivity contribution >= 4 is 13.4 Å². The molecule has 0 aliphatic heterocycles. The van der Waals surface area contributed by atoms with Gasteiger partial charge in [-0.1, -0.05) is 0 Å². The predicted octanol–water partition coefficient (Wildman–Crippen LogP) is -1.11. The SMILES string of the molecule is C=NC(N)OC(N)N=C. The molecule has 0 rings (SSSR count). The molecule has 0 aromatic carbocycles. The summed E-state index contributed by atoms with van der Waals surface area (Å²) < 4.78 is 4.65. The second-order valence-electron chi connectivity index (χ2n) is 1.28. The minimum atomic E-state index is -0.814. The van der Waals surface area contributed by atoms with Gasteiger partial charge in [-0.05, 0) is 13.4 Å². The number of hydrogen-bond acceptors (Lipinski definition) is 5. The van der Waals surface area contributed by atoms with E-state index >= 15 is 0 Å². The van der Waals surface area contributed by atoms with Crippen molar-refractivity contribution in [3.63, 3.8) is 0 Å². The predicted molar refractivity (Wildman–Crippen MR) is 36.1 cm³/mol. The number of ether oxygens (including phenoxy) is 1. The highest BCUT2D eigenvalue weighted by Gasteiger charge is 2.01. The van der Waals surface area contributed by atoms with E-state index in [1.54, 1.807) is 0 Å². The van der Waals surface area contributed by atoms with Crippen LogP contribution in [0.15, 0.2) is 9.98 Å². The molecule has 4 N–H and O–H groups in total. The molecule has 0 spiro atoms. The van der Waals surface area contributed by atoms with Crippen molar-refractivity contribution in [3.05, 3.63) is 0 Å². The van der Waals surface area contributed by atoms with Gasteiger partial charge in [-0.15, -0.1) is 0 Å². The van der Waals surface area contributed by atoms with Gasteiger partial charge in [-0.25, -0.2) is 0 Å². The van der Waals surface area contributed by atoms with E-state index in [9.17, 15) is 0 Å². The molecule has 0 aromatic rings. The van der Waals surface area contributed by atoms with Gasteiger partial charge in [0.1, 0.15) is 0 Å². The number of nitrogens with two attached hydrogens (primary N) is 2. The van der Waals surface area contributed by atoms with Crippen LogP contribution < -0.4 is 11.5 Å². The van der Waals surface area contributed by atoms with Crippen LogP contribution in [0, 0.1) is 0 Å². The summed E-state index contributed by atoms with van der Waals surface area (Å²) in [6.07, 6.45) is -1.63. The van der Waals surface area contributed by atoms with Crippen LogP contribution in [-0.2, 0) is 4.74 Å². The Morgan fingerprint density at radius 1 is 1.11 bits per heavy atom. The molecule has 0 aliphatic carbocycles. The molecule has 0 amide bonds. The van der Waals surface area contributed by atoms with Gasteiger partial charge >= 0.3 is 0 Å². The zero-order valence-corrected chi connectivity index (χ0v) is 5.03. The fraction of sp³-hybridized carbons (Fsp3) is 0.500. The van der Waals surface area contributed by atoms with E-state index in [0.717, 1.165) is 0 Å². The first-order valence-corrected chi connectivity index (χ1v) is 2.29. The van der Waals surface area contributed by atoms with Crippen molar-refractivity contribution in [1.82, 2.24) is 0 Å². The average molecular weight is 130 g/mol. The van der Waals surface area contributed by atoms with Crippen LogP contribution in [0.1, 0.15) is 0 Å². The van der Waals surface area contributed by atoms with Crippen LogP contribution in [0.4, 0.5) is 0 Å². The van der Waals surface area contributed by atoms with Crippen molar-refractivity contribution in [3.8, 4) is 0 Å². The third-order valence-electron chi connectivity index (χ3n) is 0.639. The molecular weight excluding hydrogens is 120 g/mol. The number of nitrogens with zero attached hydrogens (tertiary/aromatic N) is 2. The van der Waals surface area contributed by atoms with Gasteiger partial charge in [-0.3, -0.25) is 21.5 Å². The summed E-state index contributed by atoms with van der Waals surface area (Å²) in [6.45, 7) is 6.26. The largest absolute Gasteiger partial charge is 0.305 e. The van der Waals surface area contributed by atoms with Crippen LogP contribution in [0.2, 0.25) is 0 Å². The van der Waals surface area contributed by atoms with Crippen LogP contribution >= 0.6 is 0 Å². The summed E-state index contributed by atoms with van der Waals surface area (Å²) in [4.78, 5) is 6.63. The Hall–Kier alpha value is -0.780. The lowest BCUT2D eigenvalue weighted by Gasteiger charge is -2.09. The molecule has 0 saturated carbocycles. The quantitative estimate of drug-likeness (QED) is 0.373. The molecule has 0 aliphatic rings. The maximum absolute atomic E-state index is 5.13. The molecule has 0 fully saturated rings. The maximum Gasteiger partial charge on any atom is 0.204 e. The summed E-state index contributed by atoms with van der Waals surface area (Å²) in [7, 11) is 0. The molecule has 0 radical (unpaired) electrons. The molecule has 0 saturated heterocycles. The van der Waals surface area contributed by atoms with Gasteiger partial charge in [-0.2, -0.15) is 0 Å². The highest BCUT2D eigenvalue weighted by molar-refractivity contribution is 5.24. The Labute approximate surface area is 53.4 Å². The lowest BCUT2D eigenvalue weighted by Crippen LogP contribution is -2.31. The van der Waals surface area contributed by atoms with E-state index < -0.39 is 12.7 Å². The van der Waals surface area contributed by atoms with Crippen LogP contribution in [0.25, 0.3) is 0 Å². The Morgan fingerprint density at radius 2 is 1.44 bits per heavy atom. The van der Waals surface area contributed by atoms with Gasteiger partial charge in [0.2, 0.25) is 12.7 Å². The fourth-order valence-corrected chi connectivity index (χ4v) is 0.229. The number of hydrogen-bond donors (Lipinski definition) is 2. The highest BCUT2D eigenvalue weighted by Crippen LogP contribution is 1.87. The van der Waals surface area contributed by atoms with Gasteiger partial charge in [0, 0.05) is 0 Å². The Kier molecular flexibility index (Phi) is 3.78. The molecule has 2 atom stereocenters. The second kappa shape index (κ2) is 4.13. The monoisotopic (exact) mass is 130 g/mol. The molecule has 0 heterocycles. The topological polar surface area (TPSA) is 86.0 Å². The third kappa shape index (κ3) is 3.77. The molecule has 5 nitrogen and oxygen atoms in total. The van der Waals surface area contributed by atoms with Crippen molar-refractivity contribution in [2.24, 2.45) is 21.5 Å². The molecule has 9 heavy (non-hydrogen) atoms. The van der Waals surface area contributed by atoms with Crippen LogP contribution in [0.3, 0.4) is 0 Å². The Balaban J connectivity index is 3.45. The molecular formula is C4H10N4O. The summed E-state index contributed by atoms with van der Waals surface area (Å²) in [5.74, 6) is 0. The second-order valence-corrected chi connectivity index (χ2v) is 1.28. The lowest BCUT2D eigenvalue weighted by molar-refractivity contribution is 0.00632. The van der Waals surface area contributed by atoms with Crippen molar-refractivity contribution in [2.45, 2.75) is 12.7 Å². The summed E-state index contributed by atoms with van der Waals surface area (Å²) >= 11 is 0. The van der Waals surface area contributed by atoms with Gasteiger partial charge in [0.25, 0.3) is 0 Å². The van der Waals surface area contributed by atoms with E-state index in [4.69, 9.17) is 11.5 Å². The number of rotatable bonds is 4. The molecule has 0 bridgehead atoms. The van der Waals surface area contributed by atoms with Crippen LogP contribution in [-0.4, -0.2) is 26.1 Å². The summed E-state index contributed by atoms with van der Waals surface area (Å²) in [5, 5.41) is 0. The maximum atomic E-state index is 5.13. The smallest absolute Gasteiger partial charge is 0.204 e. The molecule has 52 valence electrons. The van der Waals surface area contributed by atoms with Crippen molar-refractivity contribution < 1.29 is 4.74 Å². The normalized spacial score (nSPS) is 16.2. The van der Waals surface area contributed by atoms with E-state index in [1.807, 2.05) is 0 Å². The van der Waals surface area contributed by atoms with E-state index in [2.05, 4.69) is 28.2 Å². The van der Waals surface area contributed by atoms with E-state index in [1.165, 1.54) is 0 Å². The molecule has 2 unspecified atom stereocenters. The summed E-state index contributed by atoms with van der Waals surface area (Å²) in [5.41, 5.74) is 10.3. The van der Waals surface area contributed by atoms with Gasteiger partial charge < -0.3 is 4.74 Å². The van der Waals surface area contributed by atoms with Crippen molar-refractivity contribution in [1.29, 1.82) is 0 Å². The summed E-state index contributed by atoms with van der Waals surface area (Å²) in [6, 6.07) is 0. The Morgan fingerprint density at radius 3 is 1.67 bits per heavy atom. The van der Waals surface area contributed by atoms with E-state index in [0.29, 0.717) is 0 Å². The average Bonchev–Trinajstić information content (AvgIpc) is 1.87. The minimum Gasteiger partial charge on any atom is -0.305 e. The van der Waals surface area contributed by atoms with Crippen LogP contribution in [0.5, 0.6) is 0 Å². The standard InChI is InChI=1S/C4H10N4O/c1-7-3(5)9-4(6)8-2/h3-4H,1-2,5-6H2. The highest BCUT2D eigenvalue weighted by atomic mass is 16.5. The third-order valence-corrected chi connectivity index (χ3v) is 0.639.